The Bertz CT molecular complexity index is 911. The number of aromatic nitrogens is 1. The molecule has 1 atom stereocenters. The van der Waals surface area contributed by atoms with E-state index >= 15 is 0 Å². The Kier molecular flexibility index (Phi) is 4.53. The van der Waals surface area contributed by atoms with Crippen LogP contribution in [0, 0.1) is 6.92 Å². The Labute approximate surface area is 150 Å². The third-order valence-electron chi connectivity index (χ3n) is 3.65. The van der Waals surface area contributed by atoms with Crippen molar-refractivity contribution in [1.29, 1.82) is 0 Å². The molecule has 0 saturated heterocycles. The number of hydrogen-bond acceptors (Lipinski definition) is 4. The average Bonchev–Trinajstić information content (AvgIpc) is 2.57. The van der Waals surface area contributed by atoms with Gasteiger partial charge in [-0.25, -0.2) is 4.79 Å². The highest BCUT2D eigenvalue weighted by Gasteiger charge is 2.48. The van der Waals surface area contributed by atoms with Crippen LogP contribution in [0.3, 0.4) is 0 Å². The van der Waals surface area contributed by atoms with E-state index in [1.165, 1.54) is 12.1 Å². The lowest BCUT2D eigenvalue weighted by Gasteiger charge is -2.28. The van der Waals surface area contributed by atoms with E-state index in [1.54, 1.807) is 25.3 Å². The number of alkyl halides is 3. The third kappa shape index (κ3) is 3.32. The summed E-state index contributed by atoms with van der Waals surface area (Å²) in [5, 5.41) is 9.24. The van der Waals surface area contributed by atoms with Gasteiger partial charge in [0.1, 0.15) is 11.5 Å². The molecule has 2 heterocycles. The molecule has 3 rings (SSSR count). The minimum Gasteiger partial charge on any atom is -0.478 e. The molecule has 26 heavy (non-hydrogen) atoms. The molecule has 0 spiro atoms. The Hall–Kier alpha value is -2.74. The lowest BCUT2D eigenvalue weighted by Crippen LogP contribution is -2.40. The van der Waals surface area contributed by atoms with Crippen molar-refractivity contribution in [3.8, 4) is 17.2 Å². The van der Waals surface area contributed by atoms with E-state index < -0.39 is 23.8 Å². The van der Waals surface area contributed by atoms with Crippen LogP contribution in [0.1, 0.15) is 11.3 Å². The number of carbonyl (C=O) groups is 1. The number of fused-ring (bicyclic) bond motifs is 1. The van der Waals surface area contributed by atoms with Crippen LogP contribution in [-0.4, -0.2) is 28.3 Å². The van der Waals surface area contributed by atoms with Crippen molar-refractivity contribution in [1.82, 2.24) is 4.98 Å². The zero-order valence-electron chi connectivity index (χ0n) is 13.2. The zero-order valence-corrected chi connectivity index (χ0v) is 13.9. The molecule has 0 bridgehead atoms. The summed E-state index contributed by atoms with van der Waals surface area (Å²) in [5.41, 5.74) is -0.424. The van der Waals surface area contributed by atoms with E-state index in [4.69, 9.17) is 26.2 Å². The molecule has 0 fully saturated rings. The molecule has 1 aliphatic rings. The third-order valence-corrected chi connectivity index (χ3v) is 3.95. The number of aryl methyl sites for hydroxylation is 1. The molecule has 9 heteroatoms. The molecule has 5 nitrogen and oxygen atoms in total. The molecule has 1 aromatic carbocycles. The van der Waals surface area contributed by atoms with Crippen LogP contribution in [0.4, 0.5) is 13.2 Å². The van der Waals surface area contributed by atoms with Crippen LogP contribution in [0.25, 0.3) is 6.08 Å². The summed E-state index contributed by atoms with van der Waals surface area (Å²) in [6.07, 6.45) is -5.06. The second-order valence-corrected chi connectivity index (χ2v) is 5.83. The Morgan fingerprint density at radius 3 is 2.69 bits per heavy atom. The summed E-state index contributed by atoms with van der Waals surface area (Å²) in [4.78, 5) is 15.3. The number of aliphatic carboxylic acids is 1. The molecule has 0 saturated carbocycles. The SMILES string of the molecule is Cc1ncccc1Oc1c(Cl)ccc2c1C=C(C(=O)O)C(C(F)(F)F)O2. The average molecular weight is 386 g/mol. The van der Waals surface area contributed by atoms with Crippen LogP contribution in [0.15, 0.2) is 36.0 Å². The van der Waals surface area contributed by atoms with E-state index in [0.717, 1.165) is 6.08 Å². The van der Waals surface area contributed by atoms with E-state index in [-0.39, 0.29) is 22.1 Å². The van der Waals surface area contributed by atoms with Gasteiger partial charge >= 0.3 is 12.1 Å². The Balaban J connectivity index is 2.13. The minimum absolute atomic E-state index is 0.0126. The van der Waals surface area contributed by atoms with Crippen molar-refractivity contribution in [3.63, 3.8) is 0 Å². The standard InChI is InChI=1S/C17H11ClF3NO4/c1-8-12(3-2-6-22-8)25-14-9-7-10(16(23)24)15(17(19,20)21)26-13(9)5-4-11(14)18/h2-7,15H,1H3,(H,23,24). The van der Waals surface area contributed by atoms with Crippen LogP contribution < -0.4 is 9.47 Å². The fourth-order valence-electron chi connectivity index (χ4n) is 2.42. The van der Waals surface area contributed by atoms with Crippen LogP contribution >= 0.6 is 11.6 Å². The first-order chi connectivity index (χ1) is 12.2. The second kappa shape index (κ2) is 6.53. The molecule has 1 aliphatic heterocycles. The van der Waals surface area contributed by atoms with Gasteiger partial charge in [0.25, 0.3) is 0 Å². The summed E-state index contributed by atoms with van der Waals surface area (Å²) in [6, 6.07) is 5.76. The Morgan fingerprint density at radius 1 is 1.35 bits per heavy atom. The van der Waals surface area contributed by atoms with Gasteiger partial charge in [0.2, 0.25) is 6.10 Å². The van der Waals surface area contributed by atoms with Crippen molar-refractivity contribution in [2.45, 2.75) is 19.2 Å². The lowest BCUT2D eigenvalue weighted by atomic mass is 10.0. The van der Waals surface area contributed by atoms with Gasteiger partial charge in [-0.15, -0.1) is 0 Å². The Morgan fingerprint density at radius 2 is 2.08 bits per heavy atom. The molecule has 2 aromatic rings. The predicted molar refractivity (Wildman–Crippen MR) is 86.6 cm³/mol. The molecule has 0 aliphatic carbocycles. The fourth-order valence-corrected chi connectivity index (χ4v) is 2.63. The van der Waals surface area contributed by atoms with E-state index in [0.29, 0.717) is 11.4 Å². The number of rotatable bonds is 3. The van der Waals surface area contributed by atoms with E-state index in [1.807, 2.05) is 0 Å². The molecule has 1 unspecified atom stereocenters. The van der Waals surface area contributed by atoms with Gasteiger partial charge in [-0.2, -0.15) is 13.2 Å². The molecular weight excluding hydrogens is 375 g/mol. The summed E-state index contributed by atoms with van der Waals surface area (Å²) in [5.74, 6) is -1.62. The van der Waals surface area contributed by atoms with Crippen LogP contribution in [0.2, 0.25) is 5.02 Å². The number of carboxylic acids is 1. The number of ether oxygens (including phenoxy) is 2. The van der Waals surface area contributed by atoms with Crippen molar-refractivity contribution in [3.05, 3.63) is 52.3 Å². The van der Waals surface area contributed by atoms with Crippen LogP contribution in [0.5, 0.6) is 17.2 Å². The van der Waals surface area contributed by atoms with Gasteiger partial charge in [0, 0.05) is 6.20 Å². The van der Waals surface area contributed by atoms with Gasteiger partial charge in [0.15, 0.2) is 5.75 Å². The van der Waals surface area contributed by atoms with Crippen LogP contribution in [-0.2, 0) is 4.79 Å². The van der Waals surface area contributed by atoms with Gasteiger partial charge in [-0.3, -0.25) is 4.98 Å². The second-order valence-electron chi connectivity index (χ2n) is 5.42. The summed E-state index contributed by atoms with van der Waals surface area (Å²) in [7, 11) is 0. The van der Waals surface area contributed by atoms with Crippen molar-refractivity contribution >= 4 is 23.6 Å². The number of benzene rings is 1. The van der Waals surface area contributed by atoms with Crippen molar-refractivity contribution in [2.75, 3.05) is 0 Å². The molecule has 0 amide bonds. The quantitative estimate of drug-likeness (QED) is 0.834. The normalized spacial score (nSPS) is 16.3. The smallest absolute Gasteiger partial charge is 0.430 e. The summed E-state index contributed by atoms with van der Waals surface area (Å²) < 4.78 is 50.0. The fraction of sp³-hybridized carbons (Fsp3) is 0.176. The maximum Gasteiger partial charge on any atom is 0.430 e. The van der Waals surface area contributed by atoms with Crippen molar-refractivity contribution < 1.29 is 32.5 Å². The topological polar surface area (TPSA) is 68.7 Å². The van der Waals surface area contributed by atoms with Gasteiger partial charge < -0.3 is 14.6 Å². The van der Waals surface area contributed by atoms with Crippen molar-refractivity contribution in [2.24, 2.45) is 0 Å². The number of nitrogens with zero attached hydrogens (tertiary/aromatic N) is 1. The first-order valence-electron chi connectivity index (χ1n) is 7.28. The maximum absolute atomic E-state index is 13.1. The molecular formula is C17H11ClF3NO4. The minimum atomic E-state index is -4.89. The summed E-state index contributed by atoms with van der Waals surface area (Å²) in [6.45, 7) is 1.67. The zero-order chi connectivity index (χ0) is 19.1. The lowest BCUT2D eigenvalue weighted by molar-refractivity contribution is -0.187. The number of carboxylic acid groups (broad SMARTS) is 1. The van der Waals surface area contributed by atoms with Gasteiger partial charge in [-0.05, 0) is 37.3 Å². The predicted octanol–water partition coefficient (Wildman–Crippen LogP) is 4.63. The number of halogens is 4. The molecule has 136 valence electrons. The largest absolute Gasteiger partial charge is 0.478 e. The first kappa shape index (κ1) is 18.1. The maximum atomic E-state index is 13.1. The molecule has 1 N–H and O–H groups in total. The first-order valence-corrected chi connectivity index (χ1v) is 7.66. The highest BCUT2D eigenvalue weighted by molar-refractivity contribution is 6.32. The molecule has 0 radical (unpaired) electrons. The highest BCUT2D eigenvalue weighted by Crippen LogP contribution is 2.45. The molecule has 1 aromatic heterocycles. The van der Waals surface area contributed by atoms with E-state index in [9.17, 15) is 18.0 Å². The summed E-state index contributed by atoms with van der Waals surface area (Å²) >= 11 is 6.12. The van der Waals surface area contributed by atoms with E-state index in [2.05, 4.69) is 4.98 Å². The monoisotopic (exact) mass is 385 g/mol. The van der Waals surface area contributed by atoms with Gasteiger partial charge in [-0.1, -0.05) is 11.6 Å². The number of pyridine rings is 1. The highest BCUT2D eigenvalue weighted by atomic mass is 35.5. The number of hydrogen-bond donors (Lipinski definition) is 1. The van der Waals surface area contributed by atoms with Gasteiger partial charge in [0.05, 0.1) is 21.9 Å².